The molecule has 9 nitrogen and oxygen atoms in total. The van der Waals surface area contributed by atoms with Crippen molar-refractivity contribution in [3.8, 4) is 11.5 Å². The zero-order chi connectivity index (χ0) is 23.5. The van der Waals surface area contributed by atoms with E-state index in [1.54, 1.807) is 14.2 Å². The fourth-order valence-electron chi connectivity index (χ4n) is 5.21. The van der Waals surface area contributed by atoms with Gasteiger partial charge in [0.15, 0.2) is 5.65 Å². The number of nitrogens with two attached hydrogens (primary N) is 1. The van der Waals surface area contributed by atoms with Gasteiger partial charge < -0.3 is 25.8 Å². The standard InChI is InChI=1S/C25H35N7O2/c1-33-20-12-7-16(22(13-20)34-2)14-28-25-30-21-15-27-24(29-18-10-8-17(26)9-11-18)31-23(21)32(25)19-5-3-4-6-19/h7,12-13,15,17-19H,3-6,8-11,14,26H2,1-2H3,(H,28,30)(H,27,29,31). The van der Waals surface area contributed by atoms with Gasteiger partial charge in [-0.15, -0.1) is 0 Å². The third-order valence-corrected chi connectivity index (χ3v) is 7.16. The van der Waals surface area contributed by atoms with Crippen LogP contribution in [0.25, 0.3) is 11.2 Å². The molecule has 0 bridgehead atoms. The lowest BCUT2D eigenvalue weighted by molar-refractivity contribution is 0.391. The van der Waals surface area contributed by atoms with Crippen LogP contribution in [-0.2, 0) is 6.54 Å². The Morgan fingerprint density at radius 3 is 2.56 bits per heavy atom. The van der Waals surface area contributed by atoms with Crippen molar-refractivity contribution in [3.05, 3.63) is 30.0 Å². The molecule has 3 aromatic rings. The van der Waals surface area contributed by atoms with Gasteiger partial charge in [-0.05, 0) is 50.7 Å². The molecule has 2 heterocycles. The number of benzene rings is 1. The molecule has 2 saturated carbocycles. The van der Waals surface area contributed by atoms with Gasteiger partial charge in [0, 0.05) is 36.3 Å². The monoisotopic (exact) mass is 465 g/mol. The van der Waals surface area contributed by atoms with Crippen LogP contribution in [0.5, 0.6) is 11.5 Å². The summed E-state index contributed by atoms with van der Waals surface area (Å²) >= 11 is 0. The summed E-state index contributed by atoms with van der Waals surface area (Å²) in [5.41, 5.74) is 8.81. The highest BCUT2D eigenvalue weighted by Gasteiger charge is 2.25. The zero-order valence-electron chi connectivity index (χ0n) is 20.1. The third kappa shape index (κ3) is 4.75. The highest BCUT2D eigenvalue weighted by atomic mass is 16.5. The molecule has 2 fully saturated rings. The summed E-state index contributed by atoms with van der Waals surface area (Å²) in [5, 5.41) is 7.08. The molecule has 2 aliphatic rings. The maximum absolute atomic E-state index is 6.07. The molecule has 0 saturated heterocycles. The zero-order valence-corrected chi connectivity index (χ0v) is 20.1. The molecule has 0 atom stereocenters. The second kappa shape index (κ2) is 10.0. The van der Waals surface area contributed by atoms with E-state index in [9.17, 15) is 0 Å². The van der Waals surface area contributed by atoms with E-state index in [-0.39, 0.29) is 0 Å². The summed E-state index contributed by atoms with van der Waals surface area (Å²) in [6.45, 7) is 0.587. The number of hydrogen-bond acceptors (Lipinski definition) is 8. The normalized spacial score (nSPS) is 21.0. The number of ether oxygens (including phenoxy) is 2. The lowest BCUT2D eigenvalue weighted by atomic mass is 9.92. The van der Waals surface area contributed by atoms with Crippen LogP contribution in [0.2, 0.25) is 0 Å². The number of aromatic nitrogens is 4. The lowest BCUT2D eigenvalue weighted by Crippen LogP contribution is -2.33. The Morgan fingerprint density at radius 1 is 1.03 bits per heavy atom. The van der Waals surface area contributed by atoms with Gasteiger partial charge in [0.25, 0.3) is 0 Å². The first-order chi connectivity index (χ1) is 16.6. The first kappa shape index (κ1) is 22.7. The lowest BCUT2D eigenvalue weighted by Gasteiger charge is -2.26. The van der Waals surface area contributed by atoms with E-state index >= 15 is 0 Å². The fourth-order valence-corrected chi connectivity index (χ4v) is 5.21. The predicted octanol–water partition coefficient (Wildman–Crippen LogP) is 4.25. The molecular weight excluding hydrogens is 430 g/mol. The van der Waals surface area contributed by atoms with Crippen molar-refractivity contribution in [1.82, 2.24) is 19.5 Å². The summed E-state index contributed by atoms with van der Waals surface area (Å²) in [5.74, 6) is 3.06. The van der Waals surface area contributed by atoms with Gasteiger partial charge in [-0.25, -0.2) is 9.97 Å². The molecule has 1 aromatic carbocycles. The van der Waals surface area contributed by atoms with E-state index < -0.39 is 0 Å². The average molecular weight is 466 g/mol. The van der Waals surface area contributed by atoms with Crippen molar-refractivity contribution in [2.24, 2.45) is 5.73 Å². The number of fused-ring (bicyclic) bond motifs is 1. The number of nitrogens with one attached hydrogen (secondary N) is 2. The van der Waals surface area contributed by atoms with Crippen molar-refractivity contribution in [2.45, 2.75) is 76.0 Å². The van der Waals surface area contributed by atoms with Gasteiger partial charge in [-0.1, -0.05) is 12.8 Å². The largest absolute Gasteiger partial charge is 0.497 e. The van der Waals surface area contributed by atoms with E-state index in [1.165, 1.54) is 12.8 Å². The average Bonchev–Trinajstić information content (AvgIpc) is 3.51. The predicted molar refractivity (Wildman–Crippen MR) is 134 cm³/mol. The summed E-state index contributed by atoms with van der Waals surface area (Å²) in [7, 11) is 3.33. The van der Waals surface area contributed by atoms with E-state index in [1.807, 2.05) is 24.4 Å². The van der Waals surface area contributed by atoms with Crippen molar-refractivity contribution in [2.75, 3.05) is 24.9 Å². The molecule has 9 heteroatoms. The third-order valence-electron chi connectivity index (χ3n) is 7.16. The molecule has 5 rings (SSSR count). The maximum Gasteiger partial charge on any atom is 0.224 e. The summed E-state index contributed by atoms with van der Waals surface area (Å²) in [4.78, 5) is 14.4. The molecule has 2 aliphatic carbocycles. The van der Waals surface area contributed by atoms with E-state index in [4.69, 9.17) is 25.2 Å². The Labute approximate surface area is 200 Å². The maximum atomic E-state index is 6.07. The smallest absolute Gasteiger partial charge is 0.224 e. The van der Waals surface area contributed by atoms with Crippen LogP contribution in [0.4, 0.5) is 11.9 Å². The molecule has 182 valence electrons. The molecule has 34 heavy (non-hydrogen) atoms. The molecule has 0 radical (unpaired) electrons. The minimum Gasteiger partial charge on any atom is -0.497 e. The second-order valence-corrected chi connectivity index (χ2v) is 9.43. The highest BCUT2D eigenvalue weighted by Crippen LogP contribution is 2.35. The van der Waals surface area contributed by atoms with Crippen LogP contribution >= 0.6 is 0 Å². The van der Waals surface area contributed by atoms with Crippen molar-refractivity contribution >= 4 is 23.1 Å². The van der Waals surface area contributed by atoms with Crippen LogP contribution in [0.15, 0.2) is 24.4 Å². The summed E-state index contributed by atoms with van der Waals surface area (Å²) in [6, 6.07) is 6.95. The topological polar surface area (TPSA) is 112 Å². The van der Waals surface area contributed by atoms with Gasteiger partial charge in [0.05, 0.1) is 20.4 Å². The van der Waals surface area contributed by atoms with Gasteiger partial charge >= 0.3 is 0 Å². The SMILES string of the molecule is COc1ccc(CNc2nc3cnc(NC4CCC(N)CC4)nc3n2C2CCCC2)c(OC)c1. The van der Waals surface area contributed by atoms with Gasteiger partial charge in [-0.3, -0.25) is 4.57 Å². The van der Waals surface area contributed by atoms with Gasteiger partial charge in [0.1, 0.15) is 17.0 Å². The molecule has 0 spiro atoms. The molecule has 0 unspecified atom stereocenters. The van der Waals surface area contributed by atoms with Crippen molar-refractivity contribution in [3.63, 3.8) is 0 Å². The molecule has 4 N–H and O–H groups in total. The number of rotatable bonds is 8. The molecule has 0 amide bonds. The van der Waals surface area contributed by atoms with Gasteiger partial charge in [-0.2, -0.15) is 4.98 Å². The Balaban J connectivity index is 1.41. The van der Waals surface area contributed by atoms with Gasteiger partial charge in [0.2, 0.25) is 11.9 Å². The number of methoxy groups -OCH3 is 2. The first-order valence-corrected chi connectivity index (χ1v) is 12.4. The Bertz CT molecular complexity index is 1120. The summed E-state index contributed by atoms with van der Waals surface area (Å²) < 4.78 is 13.2. The van der Waals surface area contributed by atoms with Crippen LogP contribution in [0, 0.1) is 0 Å². The number of anilines is 2. The molecular formula is C25H35N7O2. The Morgan fingerprint density at radius 2 is 1.82 bits per heavy atom. The van der Waals surface area contributed by atoms with E-state index in [0.29, 0.717) is 30.6 Å². The van der Waals surface area contributed by atoms with Crippen molar-refractivity contribution < 1.29 is 9.47 Å². The second-order valence-electron chi connectivity index (χ2n) is 9.43. The van der Waals surface area contributed by atoms with Crippen LogP contribution in [0.3, 0.4) is 0 Å². The molecule has 2 aromatic heterocycles. The fraction of sp³-hybridized carbons (Fsp3) is 0.560. The van der Waals surface area contributed by atoms with Crippen LogP contribution in [0.1, 0.15) is 63.0 Å². The van der Waals surface area contributed by atoms with Crippen molar-refractivity contribution in [1.29, 1.82) is 0 Å². The van der Waals surface area contributed by atoms with Crippen LogP contribution < -0.4 is 25.8 Å². The number of nitrogens with zero attached hydrogens (tertiary/aromatic N) is 4. The highest BCUT2D eigenvalue weighted by molar-refractivity contribution is 5.75. The Hall–Kier alpha value is -3.07. The minimum atomic E-state index is 0.322. The number of hydrogen-bond donors (Lipinski definition) is 3. The summed E-state index contributed by atoms with van der Waals surface area (Å²) in [6.07, 6.45) is 10.8. The van der Waals surface area contributed by atoms with E-state index in [2.05, 4.69) is 20.2 Å². The first-order valence-electron chi connectivity index (χ1n) is 12.4. The Kier molecular flexibility index (Phi) is 6.71. The minimum absolute atomic E-state index is 0.322. The quantitative estimate of drug-likeness (QED) is 0.453. The number of imidazole rings is 1. The van der Waals surface area contributed by atoms with E-state index in [0.717, 1.165) is 72.7 Å². The van der Waals surface area contributed by atoms with Crippen LogP contribution in [-0.4, -0.2) is 45.8 Å². The molecule has 0 aliphatic heterocycles.